The van der Waals surface area contributed by atoms with Crippen molar-refractivity contribution in [1.82, 2.24) is 19.7 Å². The van der Waals surface area contributed by atoms with E-state index < -0.39 is 5.25 Å². The lowest BCUT2D eigenvalue weighted by atomic mass is 10.2. The van der Waals surface area contributed by atoms with Crippen molar-refractivity contribution in [3.63, 3.8) is 0 Å². The number of carbonyl (C=O) groups is 1. The average molecular weight is 469 g/mol. The fourth-order valence-corrected chi connectivity index (χ4v) is 4.47. The maximum Gasteiger partial charge on any atom is 0.240 e. The molecule has 0 aliphatic heterocycles. The van der Waals surface area contributed by atoms with Gasteiger partial charge in [0, 0.05) is 30.2 Å². The molecule has 1 atom stereocenters. The van der Waals surface area contributed by atoms with Gasteiger partial charge in [-0.25, -0.2) is 0 Å². The molecule has 4 aromatic rings. The minimum Gasteiger partial charge on any atom is -0.310 e. The molecule has 8 heteroatoms. The van der Waals surface area contributed by atoms with Crippen molar-refractivity contribution in [2.24, 2.45) is 0 Å². The van der Waals surface area contributed by atoms with Gasteiger partial charge in [-0.2, -0.15) is 5.26 Å². The van der Waals surface area contributed by atoms with Crippen LogP contribution in [0.4, 0.5) is 5.69 Å². The van der Waals surface area contributed by atoms with Crippen molar-refractivity contribution in [2.45, 2.75) is 30.3 Å². The smallest absolute Gasteiger partial charge is 0.240 e. The molecule has 0 N–H and O–H groups in total. The van der Waals surface area contributed by atoms with Gasteiger partial charge in [0.15, 0.2) is 11.0 Å². The van der Waals surface area contributed by atoms with E-state index in [2.05, 4.69) is 33.4 Å². The summed E-state index contributed by atoms with van der Waals surface area (Å²) < 4.78 is 2.02. The van der Waals surface area contributed by atoms with Gasteiger partial charge in [-0.15, -0.1) is 10.2 Å². The van der Waals surface area contributed by atoms with Crippen LogP contribution in [-0.4, -0.2) is 37.5 Å². The molecule has 4 rings (SSSR count). The van der Waals surface area contributed by atoms with Crippen LogP contribution in [0.5, 0.6) is 0 Å². The number of nitrogens with zero attached hydrogens (tertiary/aromatic N) is 6. The van der Waals surface area contributed by atoms with Crippen LogP contribution in [0.1, 0.15) is 18.9 Å². The van der Waals surface area contributed by atoms with Crippen LogP contribution < -0.4 is 4.90 Å². The molecule has 2 aromatic carbocycles. The third-order valence-electron chi connectivity index (χ3n) is 5.23. The van der Waals surface area contributed by atoms with E-state index in [0.29, 0.717) is 24.1 Å². The van der Waals surface area contributed by atoms with E-state index in [1.807, 2.05) is 72.2 Å². The number of carbonyl (C=O) groups excluding carboxylic acids is 1. The third-order valence-corrected chi connectivity index (χ3v) is 6.30. The second-order valence-corrected chi connectivity index (χ2v) is 8.92. The Morgan fingerprint density at radius 2 is 1.79 bits per heavy atom. The molecule has 0 aliphatic rings. The summed E-state index contributed by atoms with van der Waals surface area (Å²) in [6.45, 7) is 2.76. The zero-order chi connectivity index (χ0) is 23.8. The molecule has 7 nitrogen and oxygen atoms in total. The number of hydrogen-bond donors (Lipinski definition) is 0. The van der Waals surface area contributed by atoms with E-state index in [-0.39, 0.29) is 12.3 Å². The van der Waals surface area contributed by atoms with Crippen molar-refractivity contribution in [1.29, 1.82) is 5.26 Å². The summed E-state index contributed by atoms with van der Waals surface area (Å²) in [7, 11) is 0. The molecule has 0 radical (unpaired) electrons. The van der Waals surface area contributed by atoms with Gasteiger partial charge in [-0.05, 0) is 36.8 Å². The van der Waals surface area contributed by atoms with Crippen molar-refractivity contribution >= 4 is 23.4 Å². The molecular formula is C26H24N6OS. The van der Waals surface area contributed by atoms with Crippen LogP contribution in [0.15, 0.2) is 90.3 Å². The Morgan fingerprint density at radius 3 is 2.47 bits per heavy atom. The summed E-state index contributed by atoms with van der Waals surface area (Å²) in [4.78, 5) is 19.3. The molecule has 34 heavy (non-hydrogen) atoms. The number of amides is 1. The summed E-state index contributed by atoms with van der Waals surface area (Å²) in [5.74, 6) is 0.618. The predicted octanol–water partition coefficient (Wildman–Crippen LogP) is 4.82. The number of anilines is 1. The topological polar surface area (TPSA) is 87.7 Å². The molecule has 0 spiro atoms. The van der Waals surface area contributed by atoms with Gasteiger partial charge in [-0.3, -0.25) is 14.3 Å². The first-order valence-electron chi connectivity index (χ1n) is 10.9. The Bertz CT molecular complexity index is 1250. The van der Waals surface area contributed by atoms with E-state index in [1.165, 1.54) is 11.8 Å². The maximum absolute atomic E-state index is 13.4. The molecule has 2 aromatic heterocycles. The standard InChI is InChI=1S/C26H24N6OS/c1-20(25(33)31(17-9-15-27)23-13-6-3-7-14-23)34-26-30-29-24(22-12-8-16-28-18-22)32(26)19-21-10-4-2-5-11-21/h2-8,10-14,16,18,20H,9,17,19H2,1H3. The molecule has 0 aliphatic carbocycles. The second-order valence-electron chi connectivity index (χ2n) is 7.61. The van der Waals surface area contributed by atoms with Crippen LogP contribution in [-0.2, 0) is 11.3 Å². The maximum atomic E-state index is 13.4. The van der Waals surface area contributed by atoms with Gasteiger partial charge in [0.2, 0.25) is 5.91 Å². The van der Waals surface area contributed by atoms with E-state index in [4.69, 9.17) is 5.26 Å². The summed E-state index contributed by atoms with van der Waals surface area (Å²) >= 11 is 1.36. The summed E-state index contributed by atoms with van der Waals surface area (Å²) in [5.41, 5.74) is 2.74. The number of benzene rings is 2. The van der Waals surface area contributed by atoms with Crippen molar-refractivity contribution in [3.8, 4) is 17.5 Å². The Kier molecular flexibility index (Phi) is 7.68. The first-order valence-corrected chi connectivity index (χ1v) is 11.8. The van der Waals surface area contributed by atoms with Crippen LogP contribution in [0.2, 0.25) is 0 Å². The van der Waals surface area contributed by atoms with E-state index in [1.54, 1.807) is 17.3 Å². The Balaban J connectivity index is 1.62. The number of rotatable bonds is 9. The van der Waals surface area contributed by atoms with Crippen LogP contribution >= 0.6 is 11.8 Å². The zero-order valence-electron chi connectivity index (χ0n) is 18.8. The molecular weight excluding hydrogens is 444 g/mol. The lowest BCUT2D eigenvalue weighted by Gasteiger charge is -2.25. The lowest BCUT2D eigenvalue weighted by Crippen LogP contribution is -2.37. The molecule has 2 heterocycles. The highest BCUT2D eigenvalue weighted by Gasteiger charge is 2.26. The number of pyridine rings is 1. The molecule has 0 fully saturated rings. The molecule has 0 bridgehead atoms. The first-order chi connectivity index (χ1) is 16.7. The van der Waals surface area contributed by atoms with Crippen LogP contribution in [0.25, 0.3) is 11.4 Å². The summed E-state index contributed by atoms with van der Waals surface area (Å²) in [5, 5.41) is 18.2. The number of nitriles is 1. The Morgan fingerprint density at radius 1 is 1.06 bits per heavy atom. The fraction of sp³-hybridized carbons (Fsp3) is 0.192. The third kappa shape index (κ3) is 5.50. The number of aromatic nitrogens is 4. The highest BCUT2D eigenvalue weighted by molar-refractivity contribution is 8.00. The largest absolute Gasteiger partial charge is 0.310 e. The minimum atomic E-state index is -0.431. The predicted molar refractivity (Wildman–Crippen MR) is 133 cm³/mol. The highest BCUT2D eigenvalue weighted by Crippen LogP contribution is 2.29. The second kappa shape index (κ2) is 11.3. The zero-order valence-corrected chi connectivity index (χ0v) is 19.6. The van der Waals surface area contributed by atoms with Crippen molar-refractivity contribution < 1.29 is 4.79 Å². The van der Waals surface area contributed by atoms with E-state index in [0.717, 1.165) is 16.8 Å². The van der Waals surface area contributed by atoms with Crippen LogP contribution in [0.3, 0.4) is 0 Å². The van der Waals surface area contributed by atoms with Gasteiger partial charge < -0.3 is 4.90 Å². The van der Waals surface area contributed by atoms with Gasteiger partial charge in [0.05, 0.1) is 24.3 Å². The van der Waals surface area contributed by atoms with Gasteiger partial charge in [-0.1, -0.05) is 60.3 Å². The fourth-order valence-electron chi connectivity index (χ4n) is 3.56. The number of hydrogen-bond acceptors (Lipinski definition) is 6. The summed E-state index contributed by atoms with van der Waals surface area (Å²) in [6.07, 6.45) is 3.73. The molecule has 1 amide bonds. The number of thioether (sulfide) groups is 1. The quantitative estimate of drug-likeness (QED) is 0.327. The SMILES string of the molecule is CC(Sc1nnc(-c2cccnc2)n1Cc1ccccc1)C(=O)N(CCC#N)c1ccccc1. The van der Waals surface area contributed by atoms with Gasteiger partial charge in [0.25, 0.3) is 0 Å². The molecule has 170 valence electrons. The van der Waals surface area contributed by atoms with E-state index in [9.17, 15) is 4.79 Å². The van der Waals surface area contributed by atoms with E-state index >= 15 is 0 Å². The molecule has 1 unspecified atom stereocenters. The highest BCUT2D eigenvalue weighted by atomic mass is 32.2. The Labute approximate surface area is 203 Å². The number of para-hydroxylation sites is 1. The minimum absolute atomic E-state index is 0.0800. The van der Waals surface area contributed by atoms with Gasteiger partial charge >= 0.3 is 0 Å². The normalized spacial score (nSPS) is 11.5. The van der Waals surface area contributed by atoms with Crippen molar-refractivity contribution in [3.05, 3.63) is 90.8 Å². The molecule has 0 saturated heterocycles. The van der Waals surface area contributed by atoms with Crippen LogP contribution in [0, 0.1) is 11.3 Å². The van der Waals surface area contributed by atoms with Gasteiger partial charge in [0.1, 0.15) is 0 Å². The average Bonchev–Trinajstić information content (AvgIpc) is 3.27. The first kappa shape index (κ1) is 23.2. The molecule has 0 saturated carbocycles. The lowest BCUT2D eigenvalue weighted by molar-refractivity contribution is -0.117. The Hall–Kier alpha value is -3.96. The monoisotopic (exact) mass is 468 g/mol. The summed E-state index contributed by atoms with van der Waals surface area (Å²) in [6, 6.07) is 25.5. The van der Waals surface area contributed by atoms with Crippen molar-refractivity contribution in [2.75, 3.05) is 11.4 Å².